The van der Waals surface area contributed by atoms with Gasteiger partial charge >= 0.3 is 0 Å². The summed E-state index contributed by atoms with van der Waals surface area (Å²) in [6.45, 7) is 1.69. The lowest BCUT2D eigenvalue weighted by molar-refractivity contribution is 0.102. The van der Waals surface area contributed by atoms with Gasteiger partial charge < -0.3 is 9.84 Å². The fourth-order valence-corrected chi connectivity index (χ4v) is 3.62. The van der Waals surface area contributed by atoms with Crippen LogP contribution in [-0.2, 0) is 0 Å². The number of nitrogens with zero attached hydrogens (tertiary/aromatic N) is 1. The van der Waals surface area contributed by atoms with Crippen LogP contribution in [0.2, 0.25) is 5.02 Å². The molecule has 1 aromatic heterocycles. The second kappa shape index (κ2) is 7.09. The first-order valence-electron chi connectivity index (χ1n) is 6.95. The maximum Gasteiger partial charge on any atom is 0.261 e. The van der Waals surface area contributed by atoms with Crippen LogP contribution < -0.4 is 5.32 Å². The number of hydrogen-bond donors (Lipinski definition) is 1. The van der Waals surface area contributed by atoms with E-state index in [0.29, 0.717) is 33.3 Å². The van der Waals surface area contributed by atoms with Gasteiger partial charge in [0.05, 0.1) is 10.7 Å². The molecule has 0 saturated carbocycles. The van der Waals surface area contributed by atoms with E-state index in [2.05, 4.69) is 42.3 Å². The zero-order valence-corrected chi connectivity index (χ0v) is 16.4. The average molecular weight is 471 g/mol. The van der Waals surface area contributed by atoms with Gasteiger partial charge in [-0.25, -0.2) is 0 Å². The largest absolute Gasteiger partial charge is 0.360 e. The molecule has 1 N–H and O–H groups in total. The number of carbonyl (C=O) groups is 1. The second-order valence-electron chi connectivity index (χ2n) is 5.02. The number of hydrogen-bond acceptors (Lipinski definition) is 3. The minimum absolute atomic E-state index is 0.313. The molecule has 0 aliphatic heterocycles. The highest BCUT2D eigenvalue weighted by atomic mass is 79.9. The molecule has 0 atom stereocenters. The number of anilines is 1. The fourth-order valence-electron chi connectivity index (χ4n) is 2.25. The van der Waals surface area contributed by atoms with Gasteiger partial charge in [-0.2, -0.15) is 0 Å². The maximum atomic E-state index is 12.8. The first-order chi connectivity index (χ1) is 11.5. The first kappa shape index (κ1) is 17.2. The summed E-state index contributed by atoms with van der Waals surface area (Å²) in [5.41, 5.74) is 2.08. The van der Waals surface area contributed by atoms with Crippen molar-refractivity contribution in [2.75, 3.05) is 5.32 Å². The lowest BCUT2D eigenvalue weighted by Gasteiger charge is -2.08. The number of rotatable bonds is 3. The second-order valence-corrected chi connectivity index (χ2v) is 7.20. The van der Waals surface area contributed by atoms with E-state index in [9.17, 15) is 4.79 Å². The summed E-state index contributed by atoms with van der Waals surface area (Å²) < 4.78 is 6.89. The molecule has 0 radical (unpaired) electrons. The summed E-state index contributed by atoms with van der Waals surface area (Å²) in [5.74, 6) is 0.113. The SMILES string of the molecule is Cc1onc(-c2ccccc2Cl)c1C(=O)Nc1ccc(Br)cc1Br. The van der Waals surface area contributed by atoms with Crippen LogP contribution in [-0.4, -0.2) is 11.1 Å². The quantitative estimate of drug-likeness (QED) is 0.505. The molecule has 3 rings (SSSR count). The highest BCUT2D eigenvalue weighted by molar-refractivity contribution is 9.11. The summed E-state index contributed by atoms with van der Waals surface area (Å²) in [4.78, 5) is 12.8. The van der Waals surface area contributed by atoms with E-state index in [1.165, 1.54) is 0 Å². The van der Waals surface area contributed by atoms with Gasteiger partial charge in [0.15, 0.2) is 0 Å². The Hall–Kier alpha value is -1.63. The predicted molar refractivity (Wildman–Crippen MR) is 101 cm³/mol. The topological polar surface area (TPSA) is 55.1 Å². The number of aryl methyl sites for hydroxylation is 1. The van der Waals surface area contributed by atoms with E-state index in [-0.39, 0.29) is 5.91 Å². The molecule has 3 aromatic rings. The monoisotopic (exact) mass is 468 g/mol. The standard InChI is InChI=1S/C17H11Br2ClN2O2/c1-9-15(16(22-24-9)11-4-2-3-5-13(11)20)17(23)21-14-7-6-10(18)8-12(14)19/h2-8H,1H3,(H,21,23). The molecule has 4 nitrogen and oxygen atoms in total. The Morgan fingerprint density at radius 3 is 2.67 bits per heavy atom. The van der Waals surface area contributed by atoms with Crippen molar-refractivity contribution < 1.29 is 9.32 Å². The molecule has 1 heterocycles. The van der Waals surface area contributed by atoms with Crippen molar-refractivity contribution in [1.82, 2.24) is 5.16 Å². The van der Waals surface area contributed by atoms with Gasteiger partial charge in [-0.05, 0) is 47.1 Å². The van der Waals surface area contributed by atoms with E-state index in [1.807, 2.05) is 24.3 Å². The predicted octanol–water partition coefficient (Wildman–Crippen LogP) is 6.08. The van der Waals surface area contributed by atoms with E-state index >= 15 is 0 Å². The minimum atomic E-state index is -0.313. The van der Waals surface area contributed by atoms with Crippen LogP contribution in [0.25, 0.3) is 11.3 Å². The molecule has 0 unspecified atom stereocenters. The molecule has 122 valence electrons. The van der Waals surface area contributed by atoms with Gasteiger partial charge in [0, 0.05) is 14.5 Å². The van der Waals surface area contributed by atoms with Crippen molar-refractivity contribution >= 4 is 55.1 Å². The normalized spacial score (nSPS) is 10.7. The summed E-state index contributed by atoms with van der Waals surface area (Å²) >= 11 is 13.0. The molecule has 0 aliphatic carbocycles. The average Bonchev–Trinajstić information content (AvgIpc) is 2.92. The Morgan fingerprint density at radius 1 is 1.21 bits per heavy atom. The Balaban J connectivity index is 1.99. The van der Waals surface area contributed by atoms with E-state index in [4.69, 9.17) is 16.1 Å². The molecule has 1 amide bonds. The van der Waals surface area contributed by atoms with Crippen molar-refractivity contribution in [2.24, 2.45) is 0 Å². The van der Waals surface area contributed by atoms with Crippen molar-refractivity contribution in [2.45, 2.75) is 6.92 Å². The van der Waals surface area contributed by atoms with Gasteiger partial charge in [0.1, 0.15) is 17.0 Å². The third kappa shape index (κ3) is 3.41. The molecular formula is C17H11Br2ClN2O2. The van der Waals surface area contributed by atoms with Crippen LogP contribution in [0.3, 0.4) is 0 Å². The summed E-state index contributed by atoms with van der Waals surface area (Å²) in [5, 5.41) is 7.37. The van der Waals surface area contributed by atoms with E-state index < -0.39 is 0 Å². The maximum absolute atomic E-state index is 12.8. The van der Waals surface area contributed by atoms with Crippen molar-refractivity contribution in [1.29, 1.82) is 0 Å². The summed E-state index contributed by atoms with van der Waals surface area (Å²) in [6, 6.07) is 12.7. The van der Waals surface area contributed by atoms with Gasteiger partial charge in [0.25, 0.3) is 5.91 Å². The lowest BCUT2D eigenvalue weighted by atomic mass is 10.1. The molecule has 0 fully saturated rings. The Morgan fingerprint density at radius 2 is 1.96 bits per heavy atom. The molecule has 0 bridgehead atoms. The highest BCUT2D eigenvalue weighted by Gasteiger charge is 2.23. The summed E-state index contributed by atoms with van der Waals surface area (Å²) in [6.07, 6.45) is 0. The molecule has 2 aromatic carbocycles. The highest BCUT2D eigenvalue weighted by Crippen LogP contribution is 2.32. The zero-order valence-electron chi connectivity index (χ0n) is 12.4. The van der Waals surface area contributed by atoms with Gasteiger partial charge in [-0.15, -0.1) is 0 Å². The third-order valence-corrected chi connectivity index (χ3v) is 4.88. The first-order valence-corrected chi connectivity index (χ1v) is 8.91. The van der Waals surface area contributed by atoms with E-state index in [1.54, 1.807) is 25.1 Å². The van der Waals surface area contributed by atoms with Crippen LogP contribution in [0.4, 0.5) is 5.69 Å². The number of carbonyl (C=O) groups excluding carboxylic acids is 1. The van der Waals surface area contributed by atoms with Crippen molar-refractivity contribution in [3.8, 4) is 11.3 Å². The smallest absolute Gasteiger partial charge is 0.261 e. The summed E-state index contributed by atoms with van der Waals surface area (Å²) in [7, 11) is 0. The number of nitrogens with one attached hydrogen (secondary N) is 1. The third-order valence-electron chi connectivity index (χ3n) is 3.40. The molecular weight excluding hydrogens is 459 g/mol. The zero-order chi connectivity index (χ0) is 17.3. The van der Waals surface area contributed by atoms with Gasteiger partial charge in [-0.3, -0.25) is 4.79 Å². The van der Waals surface area contributed by atoms with Crippen LogP contribution in [0.1, 0.15) is 16.1 Å². The molecule has 24 heavy (non-hydrogen) atoms. The van der Waals surface area contributed by atoms with E-state index in [0.717, 1.165) is 8.95 Å². The molecule has 0 spiro atoms. The fraction of sp³-hybridized carbons (Fsp3) is 0.0588. The van der Waals surface area contributed by atoms with Gasteiger partial charge in [-0.1, -0.05) is 50.9 Å². The van der Waals surface area contributed by atoms with Crippen LogP contribution in [0, 0.1) is 6.92 Å². The molecule has 0 saturated heterocycles. The molecule has 0 aliphatic rings. The Kier molecular flexibility index (Phi) is 5.08. The minimum Gasteiger partial charge on any atom is -0.360 e. The van der Waals surface area contributed by atoms with Crippen molar-refractivity contribution in [3.05, 3.63) is 67.8 Å². The molecule has 7 heteroatoms. The van der Waals surface area contributed by atoms with Crippen LogP contribution >= 0.6 is 43.5 Å². The van der Waals surface area contributed by atoms with Gasteiger partial charge in [0.2, 0.25) is 0 Å². The lowest BCUT2D eigenvalue weighted by Crippen LogP contribution is -2.14. The van der Waals surface area contributed by atoms with Crippen LogP contribution in [0.5, 0.6) is 0 Å². The van der Waals surface area contributed by atoms with Crippen LogP contribution in [0.15, 0.2) is 55.9 Å². The number of benzene rings is 2. The Labute approximate surface area is 160 Å². The number of halogens is 3. The number of aromatic nitrogens is 1. The van der Waals surface area contributed by atoms with Crippen molar-refractivity contribution in [3.63, 3.8) is 0 Å². The Bertz CT molecular complexity index is 925. The number of amides is 1.